The lowest BCUT2D eigenvalue weighted by molar-refractivity contribution is 0.0636. The summed E-state index contributed by atoms with van der Waals surface area (Å²) in [5, 5.41) is 2.63. The van der Waals surface area contributed by atoms with Crippen LogP contribution in [-0.2, 0) is 4.74 Å². The van der Waals surface area contributed by atoms with E-state index in [1.54, 1.807) is 51.1 Å². The van der Waals surface area contributed by atoms with Crippen LogP contribution in [0.25, 0.3) is 0 Å². The molecule has 122 valence electrons. The first-order valence-electron chi connectivity index (χ1n) is 6.96. The number of carbonyl (C=O) groups excluding carboxylic acids is 1. The average Bonchev–Trinajstić information content (AvgIpc) is 2.40. The van der Waals surface area contributed by atoms with E-state index < -0.39 is 11.7 Å². The molecule has 0 aliphatic carbocycles. The molecule has 0 radical (unpaired) electrons. The zero-order valence-corrected chi connectivity index (χ0v) is 14.6. The van der Waals surface area contributed by atoms with E-state index in [0.717, 1.165) is 0 Å². The maximum atomic E-state index is 13.2. The Labute approximate surface area is 142 Å². The summed E-state index contributed by atoms with van der Waals surface area (Å²) in [6.07, 6.45) is -0.539. The van der Waals surface area contributed by atoms with Gasteiger partial charge < -0.3 is 9.47 Å². The van der Waals surface area contributed by atoms with Crippen molar-refractivity contribution in [1.82, 2.24) is 0 Å². The van der Waals surface area contributed by atoms with Gasteiger partial charge in [-0.05, 0) is 67.0 Å². The normalized spacial score (nSPS) is 11.0. The Balaban J connectivity index is 2.07. The van der Waals surface area contributed by atoms with Gasteiger partial charge in [-0.1, -0.05) is 6.07 Å². The Morgan fingerprint density at radius 3 is 2.52 bits per heavy atom. The van der Waals surface area contributed by atoms with Crippen LogP contribution in [0, 0.1) is 5.82 Å². The van der Waals surface area contributed by atoms with Crippen LogP contribution in [-0.4, -0.2) is 11.7 Å². The van der Waals surface area contributed by atoms with Gasteiger partial charge in [0.25, 0.3) is 0 Å². The number of rotatable bonds is 3. The van der Waals surface area contributed by atoms with Crippen molar-refractivity contribution in [2.24, 2.45) is 0 Å². The van der Waals surface area contributed by atoms with Crippen LogP contribution < -0.4 is 10.1 Å². The second-order valence-electron chi connectivity index (χ2n) is 5.83. The molecule has 1 N–H and O–H groups in total. The minimum atomic E-state index is -0.568. The molecule has 2 rings (SSSR count). The molecule has 0 heterocycles. The summed E-state index contributed by atoms with van der Waals surface area (Å²) in [5.74, 6) is 0.519. The summed E-state index contributed by atoms with van der Waals surface area (Å²) in [6, 6.07) is 10.9. The van der Waals surface area contributed by atoms with Gasteiger partial charge in [-0.15, -0.1) is 0 Å². The number of carbonyl (C=O) groups is 1. The molecule has 0 fully saturated rings. The monoisotopic (exact) mass is 381 g/mol. The van der Waals surface area contributed by atoms with E-state index in [2.05, 4.69) is 21.2 Å². The summed E-state index contributed by atoms with van der Waals surface area (Å²) in [4.78, 5) is 11.7. The van der Waals surface area contributed by atoms with Gasteiger partial charge in [-0.3, -0.25) is 5.32 Å². The predicted octanol–water partition coefficient (Wildman–Crippen LogP) is 5.73. The van der Waals surface area contributed by atoms with Crippen LogP contribution in [0.4, 0.5) is 14.9 Å². The molecule has 0 aliphatic heterocycles. The largest absolute Gasteiger partial charge is 0.456 e. The Hall–Kier alpha value is -2.08. The van der Waals surface area contributed by atoms with Crippen molar-refractivity contribution < 1.29 is 18.7 Å². The number of hydrogen-bond acceptors (Lipinski definition) is 3. The fourth-order valence-corrected chi connectivity index (χ4v) is 2.20. The van der Waals surface area contributed by atoms with E-state index in [9.17, 15) is 9.18 Å². The molecule has 2 aromatic carbocycles. The molecule has 0 unspecified atom stereocenters. The van der Waals surface area contributed by atoms with Crippen molar-refractivity contribution in [2.45, 2.75) is 26.4 Å². The van der Waals surface area contributed by atoms with Gasteiger partial charge in [0.1, 0.15) is 22.9 Å². The van der Waals surface area contributed by atoms with Crippen molar-refractivity contribution in [1.29, 1.82) is 0 Å². The quantitative estimate of drug-likeness (QED) is 0.738. The molecule has 0 aromatic heterocycles. The van der Waals surface area contributed by atoms with Crippen LogP contribution in [0.5, 0.6) is 11.5 Å². The molecule has 23 heavy (non-hydrogen) atoms. The zero-order chi connectivity index (χ0) is 17.0. The van der Waals surface area contributed by atoms with Crippen LogP contribution in [0.15, 0.2) is 46.9 Å². The topological polar surface area (TPSA) is 47.6 Å². The third-order valence-electron chi connectivity index (χ3n) is 2.60. The fourth-order valence-electron chi connectivity index (χ4n) is 1.74. The van der Waals surface area contributed by atoms with Gasteiger partial charge in [-0.2, -0.15) is 0 Å². The third kappa shape index (κ3) is 5.56. The highest BCUT2D eigenvalue weighted by Crippen LogP contribution is 2.32. The summed E-state index contributed by atoms with van der Waals surface area (Å²) < 4.78 is 24.6. The first kappa shape index (κ1) is 17.3. The van der Waals surface area contributed by atoms with Crippen molar-refractivity contribution in [3.63, 3.8) is 0 Å². The second kappa shape index (κ2) is 7.00. The Bertz CT molecular complexity index is 713. The predicted molar refractivity (Wildman–Crippen MR) is 90.5 cm³/mol. The van der Waals surface area contributed by atoms with E-state index in [4.69, 9.17) is 9.47 Å². The summed E-state index contributed by atoms with van der Waals surface area (Å²) >= 11 is 3.36. The minimum absolute atomic E-state index is 0.373. The highest BCUT2D eigenvalue weighted by atomic mass is 79.9. The number of hydrogen-bond donors (Lipinski definition) is 1. The summed E-state index contributed by atoms with van der Waals surface area (Å²) in [5.41, 5.74) is -0.0143. The molecule has 6 heteroatoms. The summed E-state index contributed by atoms with van der Waals surface area (Å²) in [7, 11) is 0. The first-order chi connectivity index (χ1) is 10.7. The van der Waals surface area contributed by atoms with E-state index in [1.807, 2.05) is 0 Å². The van der Waals surface area contributed by atoms with Crippen LogP contribution in [0.2, 0.25) is 0 Å². The van der Waals surface area contributed by atoms with E-state index in [-0.39, 0.29) is 5.82 Å². The maximum Gasteiger partial charge on any atom is 0.412 e. The molecule has 1 amide bonds. The molecule has 0 saturated carbocycles. The van der Waals surface area contributed by atoms with Crippen LogP contribution in [0.1, 0.15) is 20.8 Å². The molecule has 0 aliphatic rings. The fraction of sp³-hybridized carbons (Fsp3) is 0.235. The molecule has 0 bridgehead atoms. The average molecular weight is 382 g/mol. The smallest absolute Gasteiger partial charge is 0.412 e. The molecule has 0 saturated heterocycles. The lowest BCUT2D eigenvalue weighted by Gasteiger charge is -2.19. The van der Waals surface area contributed by atoms with Gasteiger partial charge in [-0.25, -0.2) is 9.18 Å². The van der Waals surface area contributed by atoms with Crippen LogP contribution >= 0.6 is 15.9 Å². The van der Waals surface area contributed by atoms with Gasteiger partial charge in [0.2, 0.25) is 0 Å². The molecule has 4 nitrogen and oxygen atoms in total. The van der Waals surface area contributed by atoms with Crippen molar-refractivity contribution in [3.8, 4) is 11.5 Å². The standard InChI is InChI=1S/C17H17BrFNO3/c1-17(2,3)23-16(21)20-12-7-8-15(14(18)10-12)22-13-6-4-5-11(19)9-13/h4-10H,1-3H3,(H,20,21). The summed E-state index contributed by atoms with van der Waals surface area (Å²) in [6.45, 7) is 5.37. The van der Waals surface area contributed by atoms with Crippen LogP contribution in [0.3, 0.4) is 0 Å². The Kier molecular flexibility index (Phi) is 5.26. The molecular formula is C17H17BrFNO3. The zero-order valence-electron chi connectivity index (χ0n) is 13.0. The SMILES string of the molecule is CC(C)(C)OC(=O)Nc1ccc(Oc2cccc(F)c2)c(Br)c1. The van der Waals surface area contributed by atoms with Gasteiger partial charge in [0.15, 0.2) is 0 Å². The van der Waals surface area contributed by atoms with E-state index >= 15 is 0 Å². The number of nitrogens with one attached hydrogen (secondary N) is 1. The van der Waals surface area contributed by atoms with Crippen molar-refractivity contribution in [2.75, 3.05) is 5.32 Å². The lowest BCUT2D eigenvalue weighted by Crippen LogP contribution is -2.27. The van der Waals surface area contributed by atoms with Crippen molar-refractivity contribution in [3.05, 3.63) is 52.8 Å². The molecule has 0 atom stereocenters. The molecule has 2 aromatic rings. The number of halogens is 2. The number of benzene rings is 2. The Morgan fingerprint density at radius 2 is 1.91 bits per heavy atom. The van der Waals surface area contributed by atoms with Crippen molar-refractivity contribution >= 4 is 27.7 Å². The molecule has 0 spiro atoms. The highest BCUT2D eigenvalue weighted by molar-refractivity contribution is 9.10. The van der Waals surface area contributed by atoms with E-state index in [1.165, 1.54) is 12.1 Å². The number of amides is 1. The first-order valence-corrected chi connectivity index (χ1v) is 7.75. The number of ether oxygens (including phenoxy) is 2. The second-order valence-corrected chi connectivity index (χ2v) is 6.69. The lowest BCUT2D eigenvalue weighted by atomic mass is 10.2. The maximum absolute atomic E-state index is 13.2. The van der Waals surface area contributed by atoms with Gasteiger partial charge in [0.05, 0.1) is 4.47 Å². The Morgan fingerprint density at radius 1 is 1.17 bits per heavy atom. The highest BCUT2D eigenvalue weighted by Gasteiger charge is 2.16. The van der Waals surface area contributed by atoms with E-state index in [0.29, 0.717) is 21.7 Å². The molecular weight excluding hydrogens is 365 g/mol. The van der Waals surface area contributed by atoms with Gasteiger partial charge in [0, 0.05) is 11.8 Å². The minimum Gasteiger partial charge on any atom is -0.456 e. The number of anilines is 1. The third-order valence-corrected chi connectivity index (χ3v) is 3.22. The van der Waals surface area contributed by atoms with Gasteiger partial charge >= 0.3 is 6.09 Å².